The van der Waals surface area contributed by atoms with Crippen LogP contribution in [0.3, 0.4) is 0 Å². The van der Waals surface area contributed by atoms with Crippen LogP contribution in [0.5, 0.6) is 0 Å². The number of nitrogens with zero attached hydrogens (tertiary/aromatic N) is 6. The first kappa shape index (κ1) is 16.7. The number of hydrogen-bond acceptors (Lipinski definition) is 6. The fourth-order valence-electron chi connectivity index (χ4n) is 4.07. The molecule has 0 bridgehead atoms. The van der Waals surface area contributed by atoms with E-state index < -0.39 is 0 Å². The number of anilines is 1. The molecule has 1 atom stereocenters. The van der Waals surface area contributed by atoms with Crippen LogP contribution in [0.4, 0.5) is 5.82 Å². The van der Waals surface area contributed by atoms with Gasteiger partial charge in [0, 0.05) is 48.9 Å². The summed E-state index contributed by atoms with van der Waals surface area (Å²) in [4.78, 5) is 23.1. The maximum absolute atomic E-state index is 13.0. The number of rotatable bonds is 2. The van der Waals surface area contributed by atoms with Crippen molar-refractivity contribution in [2.75, 3.05) is 37.6 Å². The number of pyridine rings is 1. The topological polar surface area (TPSA) is 92.2 Å². The number of piperazine rings is 2. The van der Waals surface area contributed by atoms with E-state index in [9.17, 15) is 4.79 Å². The number of nitrogens with one attached hydrogen (secondary N) is 1. The molecule has 2 saturated heterocycles. The Morgan fingerprint density at radius 2 is 2.00 bits per heavy atom. The second kappa shape index (κ2) is 6.62. The van der Waals surface area contributed by atoms with Crippen LogP contribution in [0, 0.1) is 11.5 Å². The van der Waals surface area contributed by atoms with Crippen LogP contribution < -0.4 is 4.90 Å². The highest BCUT2D eigenvalue weighted by atomic mass is 16.2. The van der Waals surface area contributed by atoms with Crippen molar-refractivity contribution < 1.29 is 4.79 Å². The minimum Gasteiger partial charge on any atom is -0.307 e. The Morgan fingerprint density at radius 1 is 1.11 bits per heavy atom. The monoisotopic (exact) mass is 373 g/mol. The summed E-state index contributed by atoms with van der Waals surface area (Å²) >= 11 is 0. The maximum Gasteiger partial charge on any atom is 0.247 e. The largest absolute Gasteiger partial charge is 0.307 e. The van der Waals surface area contributed by atoms with Crippen molar-refractivity contribution in [2.45, 2.75) is 6.04 Å². The molecule has 0 spiro atoms. The van der Waals surface area contributed by atoms with E-state index in [1.165, 1.54) is 0 Å². The average molecular weight is 373 g/mol. The van der Waals surface area contributed by atoms with Gasteiger partial charge in [0.15, 0.2) is 6.19 Å². The highest BCUT2D eigenvalue weighted by Gasteiger charge is 2.39. The lowest BCUT2D eigenvalue weighted by Crippen LogP contribution is -2.64. The number of aromatic nitrogens is 3. The lowest BCUT2D eigenvalue weighted by Gasteiger charge is -2.44. The summed E-state index contributed by atoms with van der Waals surface area (Å²) in [6, 6.07) is 9.63. The molecular weight excluding hydrogens is 354 g/mol. The van der Waals surface area contributed by atoms with Gasteiger partial charge < -0.3 is 4.90 Å². The molecule has 8 heteroatoms. The number of hydrogen-bond donors (Lipinski definition) is 1. The van der Waals surface area contributed by atoms with E-state index in [2.05, 4.69) is 26.3 Å². The second-order valence-electron chi connectivity index (χ2n) is 7.13. The minimum absolute atomic E-state index is 0.0159. The Balaban J connectivity index is 1.41. The molecule has 2 aromatic heterocycles. The molecule has 0 aliphatic carbocycles. The van der Waals surface area contributed by atoms with E-state index in [-0.39, 0.29) is 11.9 Å². The van der Waals surface area contributed by atoms with Crippen molar-refractivity contribution in [3.63, 3.8) is 0 Å². The van der Waals surface area contributed by atoms with Crippen LogP contribution in [0.2, 0.25) is 0 Å². The summed E-state index contributed by atoms with van der Waals surface area (Å²) in [6.45, 7) is 3.30. The molecule has 1 amide bonds. The van der Waals surface area contributed by atoms with Gasteiger partial charge in [-0.25, -0.2) is 4.98 Å². The number of carbonyl (C=O) groups is 1. The molecule has 2 fully saturated rings. The zero-order valence-corrected chi connectivity index (χ0v) is 15.2. The molecule has 2 aliphatic heterocycles. The zero-order chi connectivity index (χ0) is 19.1. The highest BCUT2D eigenvalue weighted by Crippen LogP contribution is 2.28. The van der Waals surface area contributed by atoms with Crippen LogP contribution in [0.1, 0.15) is 0 Å². The van der Waals surface area contributed by atoms with E-state index in [1.807, 2.05) is 30.3 Å². The highest BCUT2D eigenvalue weighted by molar-refractivity contribution is 5.98. The Morgan fingerprint density at radius 3 is 2.82 bits per heavy atom. The van der Waals surface area contributed by atoms with Crippen molar-refractivity contribution in [1.82, 2.24) is 25.0 Å². The third kappa shape index (κ3) is 2.68. The standard InChI is InChI=1S/C20H19N7O/c21-13-25-6-7-26-8-9-27(20(28)17(26)12-25)18-5-4-14(10-22-18)16-3-1-2-15-11-23-24-19(15)16/h1-5,10-11,17H,6-9,12H2,(H,23,24)/t17-/m1/s1. The van der Waals surface area contributed by atoms with Gasteiger partial charge in [-0.05, 0) is 12.1 Å². The maximum atomic E-state index is 13.0. The van der Waals surface area contributed by atoms with Gasteiger partial charge in [0.1, 0.15) is 11.9 Å². The number of benzene rings is 1. The first-order chi connectivity index (χ1) is 13.7. The molecule has 4 heterocycles. The minimum atomic E-state index is -0.276. The third-order valence-electron chi connectivity index (χ3n) is 5.61. The number of nitriles is 1. The van der Waals surface area contributed by atoms with E-state index in [0.29, 0.717) is 25.5 Å². The molecule has 8 nitrogen and oxygen atoms in total. The van der Waals surface area contributed by atoms with E-state index in [0.717, 1.165) is 35.1 Å². The molecule has 3 aromatic rings. The van der Waals surface area contributed by atoms with Gasteiger partial charge in [-0.2, -0.15) is 10.4 Å². The van der Waals surface area contributed by atoms with E-state index in [1.54, 1.807) is 22.2 Å². The molecule has 28 heavy (non-hydrogen) atoms. The van der Waals surface area contributed by atoms with Crippen molar-refractivity contribution in [2.24, 2.45) is 0 Å². The Bertz CT molecular complexity index is 1070. The van der Waals surface area contributed by atoms with Gasteiger partial charge in [0.25, 0.3) is 0 Å². The Kier molecular flexibility index (Phi) is 3.95. The molecular formula is C20H19N7O. The Hall–Kier alpha value is -3.44. The fourth-order valence-corrected chi connectivity index (χ4v) is 4.07. The van der Waals surface area contributed by atoms with Crippen LogP contribution in [-0.2, 0) is 4.79 Å². The summed E-state index contributed by atoms with van der Waals surface area (Å²) in [5, 5.41) is 17.4. The van der Waals surface area contributed by atoms with E-state index >= 15 is 0 Å². The molecule has 0 radical (unpaired) electrons. The molecule has 1 aromatic carbocycles. The number of amides is 1. The summed E-state index contributed by atoms with van der Waals surface area (Å²) in [5.41, 5.74) is 2.97. The summed E-state index contributed by atoms with van der Waals surface area (Å²) in [5.74, 6) is 0.668. The number of para-hydroxylation sites is 1. The van der Waals surface area contributed by atoms with Crippen LogP contribution in [0.25, 0.3) is 22.0 Å². The van der Waals surface area contributed by atoms with Crippen molar-refractivity contribution in [1.29, 1.82) is 5.26 Å². The van der Waals surface area contributed by atoms with Crippen molar-refractivity contribution >= 4 is 22.6 Å². The number of aromatic amines is 1. The molecule has 0 saturated carbocycles. The van der Waals surface area contributed by atoms with Gasteiger partial charge >= 0.3 is 0 Å². The van der Waals surface area contributed by atoms with Crippen molar-refractivity contribution in [3.05, 3.63) is 42.7 Å². The van der Waals surface area contributed by atoms with Gasteiger partial charge in [0.05, 0.1) is 18.3 Å². The molecule has 1 N–H and O–H groups in total. The lowest BCUT2D eigenvalue weighted by atomic mass is 10.0. The summed E-state index contributed by atoms with van der Waals surface area (Å²) in [6.07, 6.45) is 5.76. The van der Waals surface area contributed by atoms with Crippen LogP contribution in [-0.4, -0.2) is 69.7 Å². The zero-order valence-electron chi connectivity index (χ0n) is 15.2. The molecule has 2 aliphatic rings. The molecule has 140 valence electrons. The predicted molar refractivity (Wildman–Crippen MR) is 104 cm³/mol. The fraction of sp³-hybridized carbons (Fsp3) is 0.300. The first-order valence-electron chi connectivity index (χ1n) is 9.33. The normalized spacial score (nSPS) is 20.2. The summed E-state index contributed by atoms with van der Waals surface area (Å²) in [7, 11) is 0. The third-order valence-corrected chi connectivity index (χ3v) is 5.61. The Labute approximate surface area is 162 Å². The van der Waals surface area contributed by atoms with Gasteiger partial charge in [-0.15, -0.1) is 0 Å². The van der Waals surface area contributed by atoms with Gasteiger partial charge in [-0.3, -0.25) is 19.7 Å². The summed E-state index contributed by atoms with van der Waals surface area (Å²) < 4.78 is 0. The quantitative estimate of drug-likeness (QED) is 0.684. The van der Waals surface area contributed by atoms with Gasteiger partial charge in [-0.1, -0.05) is 18.2 Å². The number of H-pyrrole nitrogens is 1. The SMILES string of the molecule is N#CN1CCN2CCN(c3ccc(-c4cccc5cn[nH]c45)cn3)C(=O)[C@H]2C1. The average Bonchev–Trinajstić information content (AvgIpc) is 3.23. The number of carbonyl (C=O) groups excluding carboxylic acids is 1. The van der Waals surface area contributed by atoms with Crippen LogP contribution >= 0.6 is 0 Å². The first-order valence-corrected chi connectivity index (χ1v) is 9.33. The van der Waals surface area contributed by atoms with Crippen molar-refractivity contribution in [3.8, 4) is 17.3 Å². The molecule has 0 unspecified atom stereocenters. The predicted octanol–water partition coefficient (Wildman–Crippen LogP) is 1.44. The van der Waals surface area contributed by atoms with Crippen LogP contribution in [0.15, 0.2) is 42.7 Å². The number of fused-ring (bicyclic) bond motifs is 2. The van der Waals surface area contributed by atoms with E-state index in [4.69, 9.17) is 5.26 Å². The smallest absolute Gasteiger partial charge is 0.247 e. The lowest BCUT2D eigenvalue weighted by molar-refractivity contribution is -0.127. The molecule has 5 rings (SSSR count). The second-order valence-corrected chi connectivity index (χ2v) is 7.13. The van der Waals surface area contributed by atoms with Gasteiger partial charge in [0.2, 0.25) is 5.91 Å².